The Kier molecular flexibility index (Phi) is 44.7. The van der Waals surface area contributed by atoms with E-state index in [1.54, 1.807) is 0 Å². The van der Waals surface area contributed by atoms with Gasteiger partial charge in [0, 0.05) is 6.42 Å². The number of esters is 1. The van der Waals surface area contributed by atoms with E-state index < -0.39 is 18.2 Å². The first-order valence-electron chi connectivity index (χ1n) is 25.1. The number of aliphatic hydroxyl groups excluding tert-OH is 2. The van der Waals surface area contributed by atoms with Gasteiger partial charge in [-0.25, -0.2) is 0 Å². The number of allylic oxidation sites excluding steroid dienone is 9. The molecule has 3 atom stereocenters. The van der Waals surface area contributed by atoms with Gasteiger partial charge in [-0.05, 0) is 57.4 Å². The van der Waals surface area contributed by atoms with Gasteiger partial charge in [-0.1, -0.05) is 230 Å². The molecule has 0 saturated heterocycles. The van der Waals surface area contributed by atoms with Gasteiger partial charge in [0.15, 0.2) is 0 Å². The maximum Gasteiger partial charge on any atom is 0.306 e. The zero-order chi connectivity index (χ0) is 43.1. The number of rotatable bonds is 44. The van der Waals surface area contributed by atoms with Gasteiger partial charge in [0.1, 0.15) is 6.10 Å². The minimum Gasteiger partial charge on any atom is -0.458 e. The molecule has 0 radical (unpaired) electrons. The lowest BCUT2D eigenvalue weighted by molar-refractivity contribution is -0.148. The molecule has 0 spiro atoms. The van der Waals surface area contributed by atoms with Gasteiger partial charge in [-0.3, -0.25) is 9.59 Å². The lowest BCUT2D eigenvalue weighted by Gasteiger charge is -2.23. The average Bonchev–Trinajstić information content (AvgIpc) is 3.23. The molecule has 3 unspecified atom stereocenters. The van der Waals surface area contributed by atoms with E-state index in [9.17, 15) is 19.8 Å². The number of unbranched alkanes of at least 4 members (excludes halogenated alkanes) is 26. The third kappa shape index (κ3) is 42.1. The number of amides is 1. The topological polar surface area (TPSA) is 95.9 Å². The highest BCUT2D eigenvalue weighted by Gasteiger charge is 2.23. The molecular formula is C53H95NO5. The first-order chi connectivity index (χ1) is 29.0. The standard InChI is InChI=1S/C53H95NO5/c1-4-7-10-13-16-19-22-24-25-26-28-30-33-36-39-42-45-51(56)50(48-55)54-52(57)47-49(44-41-38-35-32-29-21-18-15-12-9-6-3)59-53(58)46-43-40-37-34-31-27-23-20-17-14-11-8-5-2/h8,11,14,17,20,23,32,35,41,44,49-51,55-56H,4-7,9-10,12-13,15-16,18-19,21-22,24-31,33-34,36-40,42-43,45-48H2,1-3H3,(H,54,57)/b11-8+,17-14+,23-20-,35-32-,44-41+. The SMILES string of the molecule is CC/C=C/C=C/C=C\CCCCCCCC(=O)OC(/C=C/C/C=C\CCCCCCCC)CC(=O)NC(CO)C(O)CCCCCCCCCCCCCCCCCC. The first kappa shape index (κ1) is 56.6. The highest BCUT2D eigenvalue weighted by Crippen LogP contribution is 2.16. The van der Waals surface area contributed by atoms with E-state index in [4.69, 9.17) is 4.74 Å². The van der Waals surface area contributed by atoms with Gasteiger partial charge in [0.2, 0.25) is 5.91 Å². The van der Waals surface area contributed by atoms with Gasteiger partial charge in [0.05, 0.1) is 25.2 Å². The Hall–Kier alpha value is -2.44. The van der Waals surface area contributed by atoms with E-state index in [1.165, 1.54) is 122 Å². The smallest absolute Gasteiger partial charge is 0.306 e. The normalized spacial score (nSPS) is 13.8. The van der Waals surface area contributed by atoms with E-state index in [1.807, 2.05) is 12.2 Å². The van der Waals surface area contributed by atoms with Crippen molar-refractivity contribution in [2.75, 3.05) is 6.61 Å². The number of carbonyl (C=O) groups is 2. The summed E-state index contributed by atoms with van der Waals surface area (Å²) < 4.78 is 5.80. The summed E-state index contributed by atoms with van der Waals surface area (Å²) in [6.07, 6.45) is 57.4. The zero-order valence-electron chi connectivity index (χ0n) is 38.9. The molecule has 6 heteroatoms. The number of carbonyl (C=O) groups excluding carboxylic acids is 2. The molecule has 6 nitrogen and oxygen atoms in total. The predicted octanol–water partition coefficient (Wildman–Crippen LogP) is 14.8. The number of nitrogens with one attached hydrogen (secondary N) is 1. The fraction of sp³-hybridized carbons (Fsp3) is 0.774. The highest BCUT2D eigenvalue weighted by atomic mass is 16.5. The van der Waals surface area contributed by atoms with Crippen LogP contribution in [0.25, 0.3) is 0 Å². The van der Waals surface area contributed by atoms with Crippen LogP contribution in [0, 0.1) is 0 Å². The van der Waals surface area contributed by atoms with Crippen LogP contribution in [0.5, 0.6) is 0 Å². The summed E-state index contributed by atoms with van der Waals surface area (Å²) in [5.41, 5.74) is 0. The Morgan fingerprint density at radius 3 is 1.54 bits per heavy atom. The molecule has 0 aromatic heterocycles. The van der Waals surface area contributed by atoms with Crippen LogP contribution in [0.1, 0.15) is 239 Å². The minimum atomic E-state index is -0.815. The second-order valence-corrected chi connectivity index (χ2v) is 16.9. The molecule has 59 heavy (non-hydrogen) atoms. The lowest BCUT2D eigenvalue weighted by atomic mass is 10.0. The number of hydrogen-bond acceptors (Lipinski definition) is 5. The van der Waals surface area contributed by atoms with Crippen LogP contribution in [0.2, 0.25) is 0 Å². The molecule has 0 aliphatic rings. The van der Waals surface area contributed by atoms with E-state index in [0.29, 0.717) is 19.3 Å². The van der Waals surface area contributed by atoms with Crippen molar-refractivity contribution >= 4 is 11.9 Å². The molecule has 0 heterocycles. The van der Waals surface area contributed by atoms with Crippen molar-refractivity contribution in [1.29, 1.82) is 0 Å². The average molecular weight is 826 g/mol. The molecule has 342 valence electrons. The van der Waals surface area contributed by atoms with Crippen molar-refractivity contribution in [3.63, 3.8) is 0 Å². The summed E-state index contributed by atoms with van der Waals surface area (Å²) in [6.45, 7) is 6.31. The second-order valence-electron chi connectivity index (χ2n) is 16.9. The van der Waals surface area contributed by atoms with Gasteiger partial charge in [-0.15, -0.1) is 0 Å². The molecule has 0 rings (SSSR count). The molecule has 0 saturated carbocycles. The first-order valence-corrected chi connectivity index (χ1v) is 25.1. The van der Waals surface area contributed by atoms with Crippen LogP contribution in [0.3, 0.4) is 0 Å². The van der Waals surface area contributed by atoms with Crippen LogP contribution in [-0.4, -0.2) is 46.9 Å². The molecular weight excluding hydrogens is 731 g/mol. The number of hydrogen-bond donors (Lipinski definition) is 3. The van der Waals surface area contributed by atoms with Crippen molar-refractivity contribution < 1.29 is 24.5 Å². The predicted molar refractivity (Wildman–Crippen MR) is 255 cm³/mol. The molecule has 0 bridgehead atoms. The Morgan fingerprint density at radius 1 is 0.542 bits per heavy atom. The summed E-state index contributed by atoms with van der Waals surface area (Å²) in [5.74, 6) is -0.627. The maximum atomic E-state index is 13.1. The largest absolute Gasteiger partial charge is 0.458 e. The Morgan fingerprint density at radius 2 is 1.02 bits per heavy atom. The fourth-order valence-electron chi connectivity index (χ4n) is 7.34. The Balaban J connectivity index is 4.60. The molecule has 0 aliphatic heterocycles. The monoisotopic (exact) mass is 826 g/mol. The molecule has 3 N–H and O–H groups in total. The quantitative estimate of drug-likeness (QED) is 0.0246. The molecule has 0 aromatic carbocycles. The van der Waals surface area contributed by atoms with E-state index >= 15 is 0 Å². The summed E-state index contributed by atoms with van der Waals surface area (Å²) in [4.78, 5) is 26.0. The number of ether oxygens (including phenoxy) is 1. The number of aliphatic hydroxyl groups is 2. The second kappa shape index (κ2) is 46.6. The van der Waals surface area contributed by atoms with Gasteiger partial charge in [0.25, 0.3) is 0 Å². The van der Waals surface area contributed by atoms with E-state index in [0.717, 1.165) is 70.6 Å². The summed E-state index contributed by atoms with van der Waals surface area (Å²) >= 11 is 0. The molecule has 0 aromatic rings. The van der Waals surface area contributed by atoms with E-state index in [-0.39, 0.29) is 24.9 Å². The molecule has 0 aliphatic carbocycles. The minimum absolute atomic E-state index is 0.0381. The third-order valence-electron chi connectivity index (χ3n) is 11.1. The summed E-state index contributed by atoms with van der Waals surface area (Å²) in [6, 6.07) is -0.737. The van der Waals surface area contributed by atoms with Crippen LogP contribution in [0.15, 0.2) is 60.8 Å². The van der Waals surface area contributed by atoms with Gasteiger partial charge >= 0.3 is 5.97 Å². The Labute approximate surface area is 365 Å². The highest BCUT2D eigenvalue weighted by molar-refractivity contribution is 5.78. The van der Waals surface area contributed by atoms with Crippen molar-refractivity contribution in [1.82, 2.24) is 5.32 Å². The van der Waals surface area contributed by atoms with Gasteiger partial charge < -0.3 is 20.3 Å². The van der Waals surface area contributed by atoms with E-state index in [2.05, 4.69) is 74.7 Å². The van der Waals surface area contributed by atoms with Crippen molar-refractivity contribution in [2.45, 2.75) is 257 Å². The lowest BCUT2D eigenvalue weighted by Crippen LogP contribution is -2.46. The molecule has 1 amide bonds. The maximum absolute atomic E-state index is 13.1. The summed E-state index contributed by atoms with van der Waals surface area (Å²) in [7, 11) is 0. The molecule has 0 fully saturated rings. The van der Waals surface area contributed by atoms with Crippen LogP contribution in [-0.2, 0) is 14.3 Å². The third-order valence-corrected chi connectivity index (χ3v) is 11.1. The van der Waals surface area contributed by atoms with Crippen LogP contribution >= 0.6 is 0 Å². The van der Waals surface area contributed by atoms with Crippen LogP contribution in [0.4, 0.5) is 0 Å². The van der Waals surface area contributed by atoms with Crippen LogP contribution < -0.4 is 5.32 Å². The Bertz CT molecular complexity index is 1060. The van der Waals surface area contributed by atoms with Crippen molar-refractivity contribution in [3.8, 4) is 0 Å². The van der Waals surface area contributed by atoms with Gasteiger partial charge in [-0.2, -0.15) is 0 Å². The summed E-state index contributed by atoms with van der Waals surface area (Å²) in [5, 5.41) is 23.7. The van der Waals surface area contributed by atoms with Crippen molar-refractivity contribution in [3.05, 3.63) is 60.8 Å². The zero-order valence-corrected chi connectivity index (χ0v) is 38.9. The fourth-order valence-corrected chi connectivity index (χ4v) is 7.34. The van der Waals surface area contributed by atoms with Crippen molar-refractivity contribution in [2.24, 2.45) is 0 Å².